The van der Waals surface area contributed by atoms with Gasteiger partial charge in [-0.2, -0.15) is 0 Å². The van der Waals surface area contributed by atoms with Crippen molar-refractivity contribution in [3.05, 3.63) is 77.8 Å². The van der Waals surface area contributed by atoms with Gasteiger partial charge in [-0.1, -0.05) is 24.3 Å². The van der Waals surface area contributed by atoms with Gasteiger partial charge >= 0.3 is 0 Å². The highest BCUT2D eigenvalue weighted by Crippen LogP contribution is 2.20. The Hall–Kier alpha value is -3.28. The van der Waals surface area contributed by atoms with Gasteiger partial charge in [-0.3, -0.25) is 0 Å². The third kappa shape index (κ3) is 4.82. The van der Waals surface area contributed by atoms with Crippen LogP contribution in [0.1, 0.15) is 18.1 Å². The van der Waals surface area contributed by atoms with Crippen molar-refractivity contribution in [3.8, 4) is 0 Å². The largest absolute Gasteiger partial charge is 0.364 e. The molecular formula is C24H28FN5. The van der Waals surface area contributed by atoms with Crippen molar-refractivity contribution in [2.45, 2.75) is 19.9 Å². The maximum atomic E-state index is 13.4. The van der Waals surface area contributed by atoms with Crippen molar-refractivity contribution in [1.82, 2.24) is 15.6 Å². The fourth-order valence-corrected chi connectivity index (χ4v) is 3.69. The minimum atomic E-state index is -0.222. The lowest BCUT2D eigenvalue weighted by atomic mass is 10.1. The van der Waals surface area contributed by atoms with Crippen LogP contribution in [0, 0.1) is 5.82 Å². The quantitative estimate of drug-likeness (QED) is 0.317. The zero-order chi connectivity index (χ0) is 20.8. The second kappa shape index (κ2) is 9.48. The lowest BCUT2D eigenvalue weighted by Gasteiger charge is -2.17. The number of anilines is 1. The predicted octanol–water partition coefficient (Wildman–Crippen LogP) is 3.98. The molecule has 2 aromatic carbocycles. The Kier molecular flexibility index (Phi) is 6.32. The number of halogens is 1. The number of aliphatic imine (C=N–C) groups is 1. The highest BCUT2D eigenvalue weighted by molar-refractivity contribution is 5.83. The molecule has 0 fully saturated rings. The van der Waals surface area contributed by atoms with Crippen LogP contribution in [0.25, 0.3) is 10.9 Å². The van der Waals surface area contributed by atoms with Crippen molar-refractivity contribution in [1.29, 1.82) is 0 Å². The fraction of sp³-hybridized carbons (Fsp3) is 0.292. The first-order chi connectivity index (χ1) is 14.7. The van der Waals surface area contributed by atoms with Crippen LogP contribution in [0.4, 0.5) is 10.1 Å². The molecule has 0 aliphatic carbocycles. The second-order valence-corrected chi connectivity index (χ2v) is 7.42. The molecule has 0 unspecified atom stereocenters. The van der Waals surface area contributed by atoms with Gasteiger partial charge in [0.25, 0.3) is 0 Å². The van der Waals surface area contributed by atoms with Crippen molar-refractivity contribution >= 4 is 22.5 Å². The highest BCUT2D eigenvalue weighted by Gasteiger charge is 2.07. The minimum Gasteiger partial charge on any atom is -0.364 e. The average Bonchev–Trinajstić information content (AvgIpc) is 3.43. The number of nitrogens with one attached hydrogen (secondary N) is 3. The average molecular weight is 406 g/mol. The van der Waals surface area contributed by atoms with Gasteiger partial charge in [0.2, 0.25) is 0 Å². The Balaban J connectivity index is 1.33. The molecule has 5 nitrogen and oxygen atoms in total. The molecule has 2 heterocycles. The molecule has 156 valence electrons. The Bertz CT molecular complexity index is 1030. The molecule has 0 atom stereocenters. The van der Waals surface area contributed by atoms with Crippen LogP contribution >= 0.6 is 0 Å². The van der Waals surface area contributed by atoms with E-state index >= 15 is 0 Å². The lowest BCUT2D eigenvalue weighted by molar-refractivity contribution is 0.629. The van der Waals surface area contributed by atoms with Crippen molar-refractivity contribution in [2.75, 3.05) is 31.1 Å². The minimum absolute atomic E-state index is 0.222. The topological polar surface area (TPSA) is 55.5 Å². The summed E-state index contributed by atoms with van der Waals surface area (Å²) in [6.45, 7) is 6.20. The van der Waals surface area contributed by atoms with Crippen LogP contribution in [-0.2, 0) is 13.0 Å². The lowest BCUT2D eigenvalue weighted by Crippen LogP contribution is -2.38. The summed E-state index contributed by atoms with van der Waals surface area (Å²) in [5.41, 5.74) is 4.43. The first-order valence-electron chi connectivity index (χ1n) is 10.5. The van der Waals surface area contributed by atoms with E-state index in [1.165, 1.54) is 28.9 Å². The zero-order valence-corrected chi connectivity index (χ0v) is 17.3. The van der Waals surface area contributed by atoms with Gasteiger partial charge in [0.1, 0.15) is 5.82 Å². The molecule has 0 spiro atoms. The number of fused-ring (bicyclic) bond motifs is 1. The van der Waals surface area contributed by atoms with Gasteiger partial charge in [-0.25, -0.2) is 9.38 Å². The Labute approximate surface area is 176 Å². The molecule has 0 amide bonds. The molecule has 30 heavy (non-hydrogen) atoms. The van der Waals surface area contributed by atoms with E-state index in [1.54, 1.807) is 0 Å². The number of benzene rings is 2. The number of aromatic amines is 1. The molecular weight excluding hydrogens is 377 g/mol. The fourth-order valence-electron chi connectivity index (χ4n) is 3.69. The predicted molar refractivity (Wildman–Crippen MR) is 123 cm³/mol. The SMILES string of the molecule is CCNC(=NCc1ccc(N2CC=CC2)cc1)NCCc1c[nH]c2cc(F)ccc12. The number of hydrogen-bond donors (Lipinski definition) is 3. The first-order valence-corrected chi connectivity index (χ1v) is 10.5. The summed E-state index contributed by atoms with van der Waals surface area (Å²) in [4.78, 5) is 10.2. The van der Waals surface area contributed by atoms with Gasteiger partial charge in [-0.05, 0) is 54.8 Å². The third-order valence-corrected chi connectivity index (χ3v) is 5.30. The van der Waals surface area contributed by atoms with Gasteiger partial charge in [0.05, 0.1) is 6.54 Å². The summed E-state index contributed by atoms with van der Waals surface area (Å²) in [6.07, 6.45) is 7.17. The molecule has 0 saturated carbocycles. The van der Waals surface area contributed by atoms with Gasteiger partial charge in [0, 0.05) is 49.0 Å². The normalized spacial score (nSPS) is 13.9. The third-order valence-electron chi connectivity index (χ3n) is 5.30. The summed E-state index contributed by atoms with van der Waals surface area (Å²) < 4.78 is 13.4. The zero-order valence-electron chi connectivity index (χ0n) is 17.3. The summed E-state index contributed by atoms with van der Waals surface area (Å²) in [6, 6.07) is 13.5. The number of hydrogen-bond acceptors (Lipinski definition) is 2. The molecule has 1 aromatic heterocycles. The molecule has 0 radical (unpaired) electrons. The number of nitrogens with zero attached hydrogens (tertiary/aromatic N) is 2. The summed E-state index contributed by atoms with van der Waals surface area (Å²) >= 11 is 0. The number of H-pyrrole nitrogens is 1. The van der Waals surface area contributed by atoms with Crippen LogP contribution in [-0.4, -0.2) is 37.1 Å². The van der Waals surface area contributed by atoms with Crippen LogP contribution in [0.3, 0.4) is 0 Å². The Morgan fingerprint density at radius 1 is 1.10 bits per heavy atom. The highest BCUT2D eigenvalue weighted by atomic mass is 19.1. The molecule has 0 bridgehead atoms. The molecule has 0 saturated heterocycles. The van der Waals surface area contributed by atoms with Gasteiger partial charge in [0.15, 0.2) is 5.96 Å². The summed E-state index contributed by atoms with van der Waals surface area (Å²) in [5, 5.41) is 7.76. The Morgan fingerprint density at radius 3 is 2.67 bits per heavy atom. The number of guanidine groups is 1. The van der Waals surface area contributed by atoms with Crippen LogP contribution in [0.5, 0.6) is 0 Å². The molecule has 4 rings (SSSR count). The van der Waals surface area contributed by atoms with E-state index in [0.29, 0.717) is 6.54 Å². The smallest absolute Gasteiger partial charge is 0.191 e. The van der Waals surface area contributed by atoms with Crippen molar-refractivity contribution in [3.63, 3.8) is 0 Å². The van der Waals surface area contributed by atoms with Crippen molar-refractivity contribution in [2.24, 2.45) is 4.99 Å². The molecule has 3 N–H and O–H groups in total. The monoisotopic (exact) mass is 405 g/mol. The van der Waals surface area contributed by atoms with E-state index in [4.69, 9.17) is 4.99 Å². The van der Waals surface area contributed by atoms with Crippen LogP contribution in [0.2, 0.25) is 0 Å². The summed E-state index contributed by atoms with van der Waals surface area (Å²) in [5.74, 6) is 0.580. The van der Waals surface area contributed by atoms with Crippen LogP contribution < -0.4 is 15.5 Å². The van der Waals surface area contributed by atoms with Crippen molar-refractivity contribution < 1.29 is 4.39 Å². The van der Waals surface area contributed by atoms with Crippen LogP contribution in [0.15, 0.2) is 65.8 Å². The standard InChI is InChI=1S/C24H28FN5/c1-2-26-24(27-12-11-19-17-28-23-15-20(25)7-10-22(19)23)29-16-18-5-8-21(9-6-18)30-13-3-4-14-30/h3-10,15,17,28H,2,11-14,16H2,1H3,(H2,26,27,29). The number of rotatable bonds is 7. The van der Waals surface area contributed by atoms with Gasteiger partial charge in [-0.15, -0.1) is 0 Å². The number of aromatic nitrogens is 1. The maximum absolute atomic E-state index is 13.4. The van der Waals surface area contributed by atoms with E-state index in [9.17, 15) is 4.39 Å². The van der Waals surface area contributed by atoms with E-state index < -0.39 is 0 Å². The molecule has 3 aromatic rings. The van der Waals surface area contributed by atoms with E-state index in [-0.39, 0.29) is 5.82 Å². The Morgan fingerprint density at radius 2 is 1.90 bits per heavy atom. The van der Waals surface area contributed by atoms with E-state index in [2.05, 4.69) is 63.9 Å². The molecule has 1 aliphatic heterocycles. The first kappa shape index (κ1) is 20.0. The molecule has 1 aliphatic rings. The summed E-state index contributed by atoms with van der Waals surface area (Å²) in [7, 11) is 0. The molecule has 6 heteroatoms. The van der Waals surface area contributed by atoms with E-state index in [1.807, 2.05) is 12.3 Å². The van der Waals surface area contributed by atoms with E-state index in [0.717, 1.165) is 49.5 Å². The van der Waals surface area contributed by atoms with Gasteiger partial charge < -0.3 is 20.5 Å². The maximum Gasteiger partial charge on any atom is 0.191 e. The second-order valence-electron chi connectivity index (χ2n) is 7.42.